The number of rotatable bonds is 4. The minimum atomic E-state index is -0.408. The molecule has 0 saturated heterocycles. The van der Waals surface area contributed by atoms with Crippen molar-refractivity contribution in [1.82, 2.24) is 4.90 Å². The second kappa shape index (κ2) is 9.44. The van der Waals surface area contributed by atoms with Gasteiger partial charge < -0.3 is 14.4 Å². The predicted octanol–water partition coefficient (Wildman–Crippen LogP) is 7.56. The molecule has 4 aliphatic rings. The lowest BCUT2D eigenvalue weighted by Crippen LogP contribution is -2.62. The van der Waals surface area contributed by atoms with Gasteiger partial charge in [0.05, 0.1) is 0 Å². The van der Waals surface area contributed by atoms with E-state index in [-0.39, 0.29) is 16.2 Å². The second-order valence-corrected chi connectivity index (χ2v) is 15.4. The summed E-state index contributed by atoms with van der Waals surface area (Å²) >= 11 is 0. The van der Waals surface area contributed by atoms with Crippen molar-refractivity contribution in [2.45, 2.75) is 112 Å². The maximum absolute atomic E-state index is 12.1. The average molecular weight is 550 g/mol. The summed E-state index contributed by atoms with van der Waals surface area (Å²) in [6, 6.07) is 2.02. The minimum Gasteiger partial charge on any atom is -0.423 e. The number of nitrogens with zero attached hydrogens (tertiary/aromatic N) is 1. The van der Waals surface area contributed by atoms with Crippen LogP contribution in [0.15, 0.2) is 17.7 Å². The average Bonchev–Trinajstić information content (AvgIpc) is 2.84. The summed E-state index contributed by atoms with van der Waals surface area (Å²) in [5.41, 5.74) is 5.87. The lowest BCUT2D eigenvalue weighted by Gasteiger charge is -2.70. The normalized spacial score (nSPS) is 38.4. The van der Waals surface area contributed by atoms with E-state index < -0.39 is 11.9 Å². The third kappa shape index (κ3) is 4.28. The monoisotopic (exact) mass is 549 g/mol. The molecule has 0 spiro atoms. The molecule has 0 heterocycles. The number of ether oxygens (including phenoxy) is 2. The van der Waals surface area contributed by atoms with E-state index in [1.807, 2.05) is 13.0 Å². The Bertz CT molecular complexity index is 1280. The molecule has 0 aromatic heterocycles. The van der Waals surface area contributed by atoms with Crippen molar-refractivity contribution in [1.29, 1.82) is 0 Å². The molecule has 220 valence electrons. The van der Waals surface area contributed by atoms with Gasteiger partial charge in [0.25, 0.3) is 0 Å². The van der Waals surface area contributed by atoms with E-state index in [0.29, 0.717) is 28.2 Å². The lowest BCUT2D eigenvalue weighted by molar-refractivity contribution is -0.160. The highest BCUT2D eigenvalue weighted by molar-refractivity contribution is 5.76. The van der Waals surface area contributed by atoms with E-state index in [2.05, 4.69) is 59.7 Å². The molecule has 40 heavy (non-hydrogen) atoms. The van der Waals surface area contributed by atoms with E-state index in [9.17, 15) is 9.59 Å². The zero-order chi connectivity index (χ0) is 29.5. The Labute approximate surface area is 242 Å². The number of benzene rings is 1. The van der Waals surface area contributed by atoms with Gasteiger partial charge in [-0.25, -0.2) is 0 Å². The molecule has 1 aromatic carbocycles. The number of allylic oxidation sites excluding steroid dienone is 2. The van der Waals surface area contributed by atoms with Crippen LogP contribution in [0.2, 0.25) is 0 Å². The number of carbonyl (C=O) groups is 2. The first-order chi connectivity index (χ1) is 18.5. The van der Waals surface area contributed by atoms with Crippen molar-refractivity contribution >= 4 is 11.9 Å². The number of hydrogen-bond donors (Lipinski definition) is 0. The van der Waals surface area contributed by atoms with Gasteiger partial charge in [0.1, 0.15) is 0 Å². The molecule has 5 heteroatoms. The lowest BCUT2D eigenvalue weighted by atomic mass is 9.34. The van der Waals surface area contributed by atoms with Gasteiger partial charge in [-0.2, -0.15) is 0 Å². The predicted molar refractivity (Wildman–Crippen MR) is 160 cm³/mol. The van der Waals surface area contributed by atoms with Crippen LogP contribution in [0, 0.1) is 34.5 Å². The third-order valence-corrected chi connectivity index (χ3v) is 12.3. The van der Waals surface area contributed by atoms with Crippen LogP contribution in [0.5, 0.6) is 11.5 Å². The van der Waals surface area contributed by atoms with Crippen LogP contribution in [0.3, 0.4) is 0 Å². The van der Waals surface area contributed by atoms with Crippen LogP contribution >= 0.6 is 0 Å². The number of esters is 2. The molecular weight excluding hydrogens is 498 g/mol. The van der Waals surface area contributed by atoms with Crippen molar-refractivity contribution in [2.75, 3.05) is 20.6 Å². The van der Waals surface area contributed by atoms with Crippen LogP contribution < -0.4 is 9.47 Å². The highest BCUT2D eigenvalue weighted by Crippen LogP contribution is 2.74. The van der Waals surface area contributed by atoms with Gasteiger partial charge in [-0.15, -0.1) is 0 Å². The van der Waals surface area contributed by atoms with Gasteiger partial charge in [0.2, 0.25) is 0 Å². The second-order valence-electron chi connectivity index (χ2n) is 15.4. The van der Waals surface area contributed by atoms with Crippen molar-refractivity contribution in [3.8, 4) is 11.5 Å². The molecule has 1 aromatic rings. The molecule has 3 fully saturated rings. The molecule has 6 atom stereocenters. The number of fused-ring (bicyclic) bond motifs is 7. The zero-order valence-electron chi connectivity index (χ0n) is 26.7. The van der Waals surface area contributed by atoms with Crippen LogP contribution in [0.25, 0.3) is 0 Å². The van der Waals surface area contributed by atoms with Crippen molar-refractivity contribution in [3.63, 3.8) is 0 Å². The smallest absolute Gasteiger partial charge is 0.308 e. The van der Waals surface area contributed by atoms with E-state index in [1.54, 1.807) is 5.57 Å². The summed E-state index contributed by atoms with van der Waals surface area (Å²) in [7, 11) is 4.45. The van der Waals surface area contributed by atoms with Crippen molar-refractivity contribution in [2.24, 2.45) is 27.6 Å². The Balaban J connectivity index is 1.60. The van der Waals surface area contributed by atoms with Gasteiger partial charge in [-0.1, -0.05) is 46.3 Å². The van der Waals surface area contributed by atoms with Gasteiger partial charge in [0, 0.05) is 25.8 Å². The highest BCUT2D eigenvalue weighted by atomic mass is 16.6. The Kier molecular flexibility index (Phi) is 6.93. The molecule has 4 aliphatic carbocycles. The van der Waals surface area contributed by atoms with Crippen LogP contribution in [-0.2, 0) is 21.4 Å². The molecule has 0 amide bonds. The maximum Gasteiger partial charge on any atom is 0.308 e. The number of carbonyl (C=O) groups excluding carboxylic acids is 2. The highest BCUT2D eigenvalue weighted by Gasteiger charge is 2.66. The largest absolute Gasteiger partial charge is 0.423 e. The Morgan fingerprint density at radius 2 is 1.57 bits per heavy atom. The fraction of sp³-hybridized carbons (Fsp3) is 0.714. The molecule has 3 saturated carbocycles. The van der Waals surface area contributed by atoms with Crippen LogP contribution in [-0.4, -0.2) is 37.5 Å². The fourth-order valence-electron chi connectivity index (χ4n) is 10.2. The zero-order valence-corrected chi connectivity index (χ0v) is 26.7. The standard InChI is InChI=1S/C35H51NO4/c1-22-25-11-12-28-33(6,26(25)19-27(39-23(2)37)30(22)40-24(3)38)16-18-35(8)29-20-31(4,21-36(9)10)13-14-32(29,5)15-17-34(28,35)7/h12,19,29H,11,13-18,20-21H2,1-10H3/t29-,31-,32-,33+,34-,35+/m1/s1. The maximum atomic E-state index is 12.1. The SMILES string of the molecule is CC(=O)Oc1cc2c(c(C)c1OC(C)=O)CC=C1[C@@]2(C)CC[C@@]2(C)[C@@H]3C[C@](C)(CN(C)C)CC[C@]3(C)CC[C@]12C. The summed E-state index contributed by atoms with van der Waals surface area (Å²) in [5.74, 6) is 0.619. The van der Waals surface area contributed by atoms with Crippen LogP contribution in [0.4, 0.5) is 0 Å². The molecule has 0 unspecified atom stereocenters. The molecule has 0 N–H and O–H groups in total. The topological polar surface area (TPSA) is 55.8 Å². The first-order valence-electron chi connectivity index (χ1n) is 15.4. The summed E-state index contributed by atoms with van der Waals surface area (Å²) in [6.07, 6.45) is 12.1. The van der Waals surface area contributed by atoms with Gasteiger partial charge in [-0.05, 0) is 123 Å². The quantitative estimate of drug-likeness (QED) is 0.220. The molecule has 0 bridgehead atoms. The summed E-state index contributed by atoms with van der Waals surface area (Å²) < 4.78 is 11.3. The van der Waals surface area contributed by atoms with Gasteiger partial charge in [-0.3, -0.25) is 9.59 Å². The third-order valence-electron chi connectivity index (χ3n) is 12.3. The molecular formula is C35H51NO4. The fourth-order valence-corrected chi connectivity index (χ4v) is 10.2. The molecule has 0 radical (unpaired) electrons. The van der Waals surface area contributed by atoms with Crippen molar-refractivity contribution in [3.05, 3.63) is 34.4 Å². The Morgan fingerprint density at radius 1 is 0.925 bits per heavy atom. The van der Waals surface area contributed by atoms with Crippen molar-refractivity contribution < 1.29 is 19.1 Å². The van der Waals surface area contributed by atoms with Gasteiger partial charge >= 0.3 is 11.9 Å². The molecule has 0 aliphatic heterocycles. The Hall–Kier alpha value is -2.14. The minimum absolute atomic E-state index is 0.0995. The first-order valence-corrected chi connectivity index (χ1v) is 15.4. The van der Waals surface area contributed by atoms with E-state index in [0.717, 1.165) is 24.9 Å². The first kappa shape index (κ1) is 29.4. The van der Waals surface area contributed by atoms with Crippen LogP contribution in [0.1, 0.15) is 110 Å². The molecule has 5 nitrogen and oxygen atoms in total. The summed E-state index contributed by atoms with van der Waals surface area (Å²) in [4.78, 5) is 26.4. The van der Waals surface area contributed by atoms with Gasteiger partial charge in [0.15, 0.2) is 11.5 Å². The number of hydrogen-bond acceptors (Lipinski definition) is 5. The summed E-state index contributed by atoms with van der Waals surface area (Å²) in [5, 5.41) is 0. The van der Waals surface area contributed by atoms with E-state index in [4.69, 9.17) is 9.47 Å². The van der Waals surface area contributed by atoms with E-state index in [1.165, 1.54) is 63.5 Å². The Morgan fingerprint density at radius 3 is 2.20 bits per heavy atom. The van der Waals surface area contributed by atoms with E-state index >= 15 is 0 Å². The summed E-state index contributed by atoms with van der Waals surface area (Å²) in [6.45, 7) is 18.7. The molecule has 5 rings (SSSR count).